The first kappa shape index (κ1) is 18.9. The van der Waals surface area contributed by atoms with Crippen LogP contribution in [0.5, 0.6) is 0 Å². The van der Waals surface area contributed by atoms with E-state index in [4.69, 9.17) is 9.47 Å². The molecule has 1 aliphatic heterocycles. The van der Waals surface area contributed by atoms with Gasteiger partial charge in [0.05, 0.1) is 23.7 Å². The molecular formula is C20H17F3O4. The molecule has 0 fully saturated rings. The molecule has 1 heterocycles. The van der Waals surface area contributed by atoms with Crippen molar-refractivity contribution >= 4 is 11.9 Å². The molecule has 0 N–H and O–H groups in total. The monoisotopic (exact) mass is 378 g/mol. The predicted molar refractivity (Wildman–Crippen MR) is 90.0 cm³/mol. The van der Waals surface area contributed by atoms with E-state index in [0.29, 0.717) is 16.7 Å². The first-order valence-electron chi connectivity index (χ1n) is 8.45. The molecule has 4 nitrogen and oxygen atoms in total. The average molecular weight is 378 g/mol. The summed E-state index contributed by atoms with van der Waals surface area (Å²) >= 11 is 0. The van der Waals surface area contributed by atoms with Crippen molar-refractivity contribution in [1.29, 1.82) is 0 Å². The highest BCUT2D eigenvalue weighted by molar-refractivity contribution is 5.94. The van der Waals surface area contributed by atoms with E-state index in [2.05, 4.69) is 0 Å². The van der Waals surface area contributed by atoms with Crippen molar-refractivity contribution in [1.82, 2.24) is 0 Å². The van der Waals surface area contributed by atoms with Gasteiger partial charge in [0.1, 0.15) is 6.10 Å². The van der Waals surface area contributed by atoms with Crippen molar-refractivity contribution < 1.29 is 32.2 Å². The third kappa shape index (κ3) is 3.97. The maximum Gasteiger partial charge on any atom is 0.416 e. The van der Waals surface area contributed by atoms with Gasteiger partial charge in [0, 0.05) is 12.0 Å². The van der Waals surface area contributed by atoms with Crippen LogP contribution in [0.1, 0.15) is 52.4 Å². The van der Waals surface area contributed by atoms with Crippen LogP contribution in [0.25, 0.3) is 0 Å². The van der Waals surface area contributed by atoms with Crippen LogP contribution in [-0.4, -0.2) is 18.5 Å². The Balaban J connectivity index is 1.89. The molecule has 0 aromatic heterocycles. The summed E-state index contributed by atoms with van der Waals surface area (Å²) in [6.45, 7) is 1.78. The van der Waals surface area contributed by atoms with Crippen LogP contribution >= 0.6 is 0 Å². The van der Waals surface area contributed by atoms with Gasteiger partial charge in [-0.15, -0.1) is 0 Å². The molecule has 2 aromatic rings. The lowest BCUT2D eigenvalue weighted by atomic mass is 9.89. The Morgan fingerprint density at radius 2 is 1.81 bits per heavy atom. The van der Waals surface area contributed by atoms with Crippen LogP contribution in [0.3, 0.4) is 0 Å². The Bertz CT molecular complexity index is 843. The lowest BCUT2D eigenvalue weighted by molar-refractivity contribution is -0.145. The molecule has 2 unspecified atom stereocenters. The molecule has 0 spiro atoms. The van der Waals surface area contributed by atoms with Crippen molar-refractivity contribution in [3.8, 4) is 0 Å². The second kappa shape index (κ2) is 7.42. The fourth-order valence-corrected chi connectivity index (χ4v) is 3.12. The lowest BCUT2D eigenvalue weighted by Gasteiger charge is -2.20. The standard InChI is InChI=1S/C20H17F3O4/c1-2-26-18(24)16(12-7-9-13(10-8-12)20(21,22)23)11-17-14-5-3-4-6-15(14)19(25)27-17/h3-10,16-17H,2,11H2,1H3. The summed E-state index contributed by atoms with van der Waals surface area (Å²) in [6, 6.07) is 11.2. The molecule has 1 aliphatic rings. The van der Waals surface area contributed by atoms with Crippen LogP contribution in [0.4, 0.5) is 13.2 Å². The van der Waals surface area contributed by atoms with E-state index in [1.54, 1.807) is 31.2 Å². The Labute approximate surface area is 153 Å². The molecule has 0 radical (unpaired) electrons. The molecule has 0 saturated carbocycles. The predicted octanol–water partition coefficient (Wildman–Crippen LogP) is 4.65. The zero-order chi connectivity index (χ0) is 19.6. The van der Waals surface area contributed by atoms with E-state index in [-0.39, 0.29) is 13.0 Å². The third-order valence-electron chi connectivity index (χ3n) is 4.44. The largest absolute Gasteiger partial charge is 0.466 e. The number of halogens is 3. The van der Waals surface area contributed by atoms with Crippen LogP contribution in [-0.2, 0) is 20.4 Å². The van der Waals surface area contributed by atoms with Gasteiger partial charge in [-0.2, -0.15) is 13.2 Å². The maximum absolute atomic E-state index is 12.8. The second-order valence-electron chi connectivity index (χ2n) is 6.14. The fraction of sp³-hybridized carbons (Fsp3) is 0.300. The number of fused-ring (bicyclic) bond motifs is 1. The Morgan fingerprint density at radius 1 is 1.15 bits per heavy atom. The number of carbonyl (C=O) groups excluding carboxylic acids is 2. The summed E-state index contributed by atoms with van der Waals surface area (Å²) in [5, 5.41) is 0. The van der Waals surface area contributed by atoms with E-state index in [1.165, 1.54) is 12.1 Å². The van der Waals surface area contributed by atoms with Crippen LogP contribution in [0.15, 0.2) is 48.5 Å². The highest BCUT2D eigenvalue weighted by Crippen LogP contribution is 2.39. The van der Waals surface area contributed by atoms with Gasteiger partial charge in [0.2, 0.25) is 0 Å². The molecule has 0 bridgehead atoms. The smallest absolute Gasteiger partial charge is 0.416 e. The van der Waals surface area contributed by atoms with Crippen molar-refractivity contribution in [3.05, 3.63) is 70.8 Å². The molecule has 3 rings (SSSR count). The molecular weight excluding hydrogens is 361 g/mol. The van der Waals surface area contributed by atoms with E-state index in [9.17, 15) is 22.8 Å². The summed E-state index contributed by atoms with van der Waals surface area (Å²) < 4.78 is 48.8. The zero-order valence-electron chi connectivity index (χ0n) is 14.5. The number of cyclic esters (lactones) is 1. The first-order valence-corrected chi connectivity index (χ1v) is 8.45. The molecule has 27 heavy (non-hydrogen) atoms. The van der Waals surface area contributed by atoms with E-state index < -0.39 is 35.7 Å². The summed E-state index contributed by atoms with van der Waals surface area (Å²) in [6.07, 6.45) is -5.03. The molecule has 7 heteroatoms. The number of hydrogen-bond acceptors (Lipinski definition) is 4. The molecule has 0 saturated heterocycles. The fourth-order valence-electron chi connectivity index (χ4n) is 3.12. The van der Waals surface area contributed by atoms with E-state index in [0.717, 1.165) is 12.1 Å². The molecule has 2 aromatic carbocycles. The van der Waals surface area contributed by atoms with Gasteiger partial charge in [0.15, 0.2) is 0 Å². The van der Waals surface area contributed by atoms with Crippen molar-refractivity contribution in [2.75, 3.05) is 6.61 Å². The van der Waals surface area contributed by atoms with Crippen LogP contribution < -0.4 is 0 Å². The topological polar surface area (TPSA) is 52.6 Å². The van der Waals surface area contributed by atoms with Crippen LogP contribution in [0, 0.1) is 0 Å². The minimum Gasteiger partial charge on any atom is -0.466 e. The van der Waals surface area contributed by atoms with Crippen molar-refractivity contribution in [2.45, 2.75) is 31.5 Å². The van der Waals surface area contributed by atoms with Crippen LogP contribution in [0.2, 0.25) is 0 Å². The average Bonchev–Trinajstić information content (AvgIpc) is 2.95. The van der Waals surface area contributed by atoms with Gasteiger partial charge in [0.25, 0.3) is 0 Å². The normalized spacial score (nSPS) is 17.2. The molecule has 0 aliphatic carbocycles. The number of alkyl halides is 3. The Hall–Kier alpha value is -2.83. The molecule has 142 valence electrons. The lowest BCUT2D eigenvalue weighted by Crippen LogP contribution is -2.19. The summed E-state index contributed by atoms with van der Waals surface area (Å²) in [4.78, 5) is 24.4. The molecule has 0 amide bonds. The summed E-state index contributed by atoms with van der Waals surface area (Å²) in [5.41, 5.74) is 0.662. The highest BCUT2D eigenvalue weighted by atomic mass is 19.4. The Kier molecular flexibility index (Phi) is 5.21. The number of hydrogen-bond donors (Lipinski definition) is 0. The Morgan fingerprint density at radius 3 is 2.44 bits per heavy atom. The van der Waals surface area contributed by atoms with Gasteiger partial charge in [-0.3, -0.25) is 4.79 Å². The minimum absolute atomic E-state index is 0.0902. The van der Waals surface area contributed by atoms with Crippen molar-refractivity contribution in [2.24, 2.45) is 0 Å². The quantitative estimate of drug-likeness (QED) is 0.711. The summed E-state index contributed by atoms with van der Waals surface area (Å²) in [7, 11) is 0. The minimum atomic E-state index is -4.46. The third-order valence-corrected chi connectivity index (χ3v) is 4.44. The van der Waals surface area contributed by atoms with E-state index in [1.807, 2.05) is 0 Å². The highest BCUT2D eigenvalue weighted by Gasteiger charge is 2.36. The SMILES string of the molecule is CCOC(=O)C(CC1OC(=O)c2ccccc21)c1ccc(C(F)(F)F)cc1. The van der Waals surface area contributed by atoms with Gasteiger partial charge in [-0.05, 0) is 30.7 Å². The molecule has 2 atom stereocenters. The van der Waals surface area contributed by atoms with Gasteiger partial charge in [-0.25, -0.2) is 4.79 Å². The number of esters is 2. The zero-order valence-corrected chi connectivity index (χ0v) is 14.5. The van der Waals surface area contributed by atoms with Gasteiger partial charge < -0.3 is 9.47 Å². The van der Waals surface area contributed by atoms with Gasteiger partial charge in [-0.1, -0.05) is 30.3 Å². The van der Waals surface area contributed by atoms with E-state index >= 15 is 0 Å². The second-order valence-corrected chi connectivity index (χ2v) is 6.14. The number of carbonyl (C=O) groups is 2. The number of ether oxygens (including phenoxy) is 2. The number of rotatable bonds is 5. The van der Waals surface area contributed by atoms with Gasteiger partial charge >= 0.3 is 18.1 Å². The maximum atomic E-state index is 12.8. The number of benzene rings is 2. The first-order chi connectivity index (χ1) is 12.8. The van der Waals surface area contributed by atoms with Crippen molar-refractivity contribution in [3.63, 3.8) is 0 Å². The summed E-state index contributed by atoms with van der Waals surface area (Å²) in [5.74, 6) is -1.90.